The monoisotopic (exact) mass is 155 g/mol. The number of nitrogens with two attached hydrogens (primary N) is 1. The molecule has 0 unspecified atom stereocenters. The molecule has 0 heterocycles. The van der Waals surface area contributed by atoms with Gasteiger partial charge in [-0.15, -0.1) is 0 Å². The zero-order valence-electron chi connectivity index (χ0n) is 3.35. The molecule has 0 saturated heterocycles. The Labute approximate surface area is 44.7 Å². The summed E-state index contributed by atoms with van der Waals surface area (Å²) in [5.41, 5.74) is 0. The zero-order valence-corrected chi connectivity index (χ0v) is 7.73. The number of rotatable bonds is 2. The summed E-state index contributed by atoms with van der Waals surface area (Å²) in [7, 11) is -0.546. The number of hydrogen-bond acceptors (Lipinski definition) is 2. The van der Waals surface area contributed by atoms with E-state index in [0.717, 1.165) is 0 Å². The molecule has 0 aliphatic heterocycles. The first-order chi connectivity index (χ1) is 2.77. The summed E-state index contributed by atoms with van der Waals surface area (Å²) in [4.78, 5) is 9.64. The Morgan fingerprint density at radius 2 is 2.50 bits per heavy atom. The van der Waals surface area contributed by atoms with Crippen LogP contribution in [-0.2, 0) is 16.4 Å². The molecule has 0 bridgehead atoms. The maximum atomic E-state index is 9.64. The molecule has 6 heavy (non-hydrogen) atoms. The van der Waals surface area contributed by atoms with Crippen molar-refractivity contribution in [1.29, 1.82) is 0 Å². The van der Waals surface area contributed by atoms with E-state index in [4.69, 9.17) is 10.5 Å². The van der Waals surface area contributed by atoms with Gasteiger partial charge in [0, 0.05) is 0 Å². The predicted molar refractivity (Wildman–Crippen MR) is 20.8 cm³/mol. The summed E-state index contributed by atoms with van der Waals surface area (Å²) < 4.78 is -0.586. The van der Waals surface area contributed by atoms with Crippen LogP contribution in [0.5, 0.6) is 0 Å². The summed E-state index contributed by atoms with van der Waals surface area (Å²) >= 11 is -1.17. The molecule has 0 atom stereocenters. The van der Waals surface area contributed by atoms with Crippen LogP contribution in [0.2, 0.25) is 0 Å². The van der Waals surface area contributed by atoms with Crippen LogP contribution in [0.15, 0.2) is 0 Å². The van der Waals surface area contributed by atoms with E-state index < -0.39 is 28.9 Å². The Hall–Kier alpha value is 0.270. The van der Waals surface area contributed by atoms with Crippen LogP contribution in [0.25, 0.3) is 0 Å². The van der Waals surface area contributed by atoms with Crippen LogP contribution in [-0.4, -0.2) is 17.6 Å². The normalized spacial score (nSPS) is 8.83. The Bertz CT molecular complexity index is 57.5. The molecule has 0 aromatic carbocycles. The third kappa shape index (κ3) is 4.27. The summed E-state index contributed by atoms with van der Waals surface area (Å²) in [6.45, 7) is 0. The van der Waals surface area contributed by atoms with Gasteiger partial charge >= 0.3 is 44.2 Å². The van der Waals surface area contributed by atoms with E-state index >= 15 is 0 Å². The number of hydrogen-bond donors (Lipinski definition) is 2. The van der Waals surface area contributed by atoms with Crippen molar-refractivity contribution in [2.75, 3.05) is 0 Å². The number of carboxylic acid groups (broad SMARTS) is 1. The van der Waals surface area contributed by atoms with E-state index in [1.807, 2.05) is 0 Å². The van der Waals surface area contributed by atoms with Crippen LogP contribution in [0.1, 0.15) is 0 Å². The molecule has 0 aliphatic rings. The summed E-state index contributed by atoms with van der Waals surface area (Å²) in [5.74, 6) is 0. The average molecular weight is 157 g/mol. The molecule has 0 radical (unpaired) electrons. The molecule has 0 rings (SSSR count). The fourth-order valence-electron chi connectivity index (χ4n) is 0.123. The van der Waals surface area contributed by atoms with Crippen molar-refractivity contribution in [2.24, 2.45) is 5.40 Å². The van der Waals surface area contributed by atoms with E-state index in [1.54, 1.807) is 0 Å². The van der Waals surface area contributed by atoms with Crippen LogP contribution >= 0.6 is 0 Å². The van der Waals surface area contributed by atoms with Gasteiger partial charge in [-0.25, -0.2) is 0 Å². The second kappa shape index (κ2) is 3.46. The molecular weight excluding hydrogens is 151 g/mol. The van der Waals surface area contributed by atoms with Crippen LogP contribution in [0.4, 0.5) is 4.79 Å². The molecule has 0 aromatic rings. The van der Waals surface area contributed by atoms with Crippen LogP contribution in [0, 0.1) is 0 Å². The summed E-state index contributed by atoms with van der Waals surface area (Å²) in [5, 5.41) is 13.0. The first kappa shape index (κ1) is 6.27. The van der Waals surface area contributed by atoms with Crippen molar-refractivity contribution in [3.63, 3.8) is 0 Å². The molecule has 0 saturated carbocycles. The minimum atomic E-state index is -1.17. The van der Waals surface area contributed by atoms with E-state index in [9.17, 15) is 4.79 Å². The minimum absolute atomic E-state index is 0.546. The third-order valence-corrected chi connectivity index (χ3v) is 5.58. The van der Waals surface area contributed by atoms with Gasteiger partial charge in [0.1, 0.15) is 0 Å². The van der Waals surface area contributed by atoms with Gasteiger partial charge in [-0.3, -0.25) is 0 Å². The maximum absolute atomic E-state index is 9.64. The van der Waals surface area contributed by atoms with Gasteiger partial charge in [0.25, 0.3) is 0 Å². The average Bonchev–Trinajstić information content (AvgIpc) is 1.35. The standard InChI is InChI=1S/CHO2.H4NSi.Zn/c2-1-3;1-2;/h(H,2,3);1-2H2;. The van der Waals surface area contributed by atoms with Crippen LogP contribution < -0.4 is 5.40 Å². The molecule has 5 heteroatoms. The van der Waals surface area contributed by atoms with Crippen molar-refractivity contribution in [2.45, 2.75) is 0 Å². The van der Waals surface area contributed by atoms with Gasteiger partial charge in [-0.1, -0.05) is 0 Å². The number of carbonyl (C=O) groups is 1. The Kier molecular flexibility index (Phi) is 3.62. The van der Waals surface area contributed by atoms with E-state index in [2.05, 4.69) is 0 Å². The van der Waals surface area contributed by atoms with Gasteiger partial charge in [-0.05, 0) is 0 Å². The fraction of sp³-hybridized carbons (Fsp3) is 0. The summed E-state index contributed by atoms with van der Waals surface area (Å²) in [6.07, 6.45) is 0. The molecule has 3 nitrogen and oxygen atoms in total. The van der Waals surface area contributed by atoms with Crippen LogP contribution in [0.3, 0.4) is 0 Å². The molecular formula is CH5NO2SiZn. The predicted octanol–water partition coefficient (Wildman–Crippen LogP) is -1.30. The van der Waals surface area contributed by atoms with Gasteiger partial charge in [0.15, 0.2) is 0 Å². The molecule has 0 aromatic heterocycles. The molecule has 0 amide bonds. The SMILES string of the molecule is N[SiH2][Zn][C](=O)O. The topological polar surface area (TPSA) is 63.3 Å². The Morgan fingerprint density at radius 1 is 2.00 bits per heavy atom. The molecule has 0 aliphatic carbocycles. The van der Waals surface area contributed by atoms with Crippen molar-refractivity contribution >= 4 is 12.5 Å². The summed E-state index contributed by atoms with van der Waals surface area (Å²) in [6, 6.07) is 0. The van der Waals surface area contributed by atoms with Gasteiger partial charge in [0.05, 0.1) is 0 Å². The van der Waals surface area contributed by atoms with Gasteiger partial charge in [-0.2, -0.15) is 0 Å². The molecule has 32 valence electrons. The first-order valence-electron chi connectivity index (χ1n) is 1.69. The van der Waals surface area contributed by atoms with E-state index in [0.29, 0.717) is 0 Å². The van der Waals surface area contributed by atoms with E-state index in [-0.39, 0.29) is 0 Å². The van der Waals surface area contributed by atoms with Crippen molar-refractivity contribution < 1.29 is 26.3 Å². The zero-order chi connectivity index (χ0) is 4.99. The first-order valence-corrected chi connectivity index (χ1v) is 11.3. The second-order valence-electron chi connectivity index (χ2n) is 0.932. The quantitative estimate of drug-likeness (QED) is 0.489. The molecule has 0 fully saturated rings. The fourth-order valence-corrected chi connectivity index (χ4v) is 1.92. The van der Waals surface area contributed by atoms with Crippen molar-refractivity contribution in [3.8, 4) is 0 Å². The van der Waals surface area contributed by atoms with Crippen molar-refractivity contribution in [3.05, 3.63) is 0 Å². The van der Waals surface area contributed by atoms with Gasteiger partial charge in [0.2, 0.25) is 0 Å². The van der Waals surface area contributed by atoms with E-state index in [1.165, 1.54) is 0 Å². The second-order valence-corrected chi connectivity index (χ2v) is 10.1. The Balaban J connectivity index is 2.83. The van der Waals surface area contributed by atoms with Crippen molar-refractivity contribution in [1.82, 2.24) is 0 Å². The Morgan fingerprint density at radius 3 is 2.50 bits per heavy atom. The molecule has 0 spiro atoms. The molecule has 3 N–H and O–H groups in total. The van der Waals surface area contributed by atoms with Gasteiger partial charge < -0.3 is 0 Å². The third-order valence-electron chi connectivity index (χ3n) is 0.358.